The third kappa shape index (κ3) is 5.56. The molecule has 0 aliphatic carbocycles. The maximum Gasteiger partial charge on any atom is 0.307 e. The molecule has 134 valence electrons. The van der Waals surface area contributed by atoms with Crippen molar-refractivity contribution in [3.63, 3.8) is 0 Å². The van der Waals surface area contributed by atoms with E-state index in [-0.39, 0.29) is 18.8 Å². The van der Waals surface area contributed by atoms with Gasteiger partial charge in [-0.3, -0.25) is 9.59 Å². The molecule has 0 saturated heterocycles. The number of carbonyl (C=O) groups is 2. The minimum absolute atomic E-state index is 0.115. The fraction of sp³-hybridized carbons (Fsp3) is 0.333. The predicted molar refractivity (Wildman–Crippen MR) is 94.1 cm³/mol. The van der Waals surface area contributed by atoms with Crippen LogP contribution in [0.5, 0.6) is 0 Å². The minimum Gasteiger partial charge on any atom is -0.481 e. The third-order valence-electron chi connectivity index (χ3n) is 3.85. The quantitative estimate of drug-likeness (QED) is 0.720. The minimum atomic E-state index is -3.65. The Labute approximate surface area is 146 Å². The van der Waals surface area contributed by atoms with Crippen molar-refractivity contribution in [3.05, 3.63) is 48.0 Å². The summed E-state index contributed by atoms with van der Waals surface area (Å²) in [4.78, 5) is 22.3. The second kappa shape index (κ2) is 8.11. The number of rotatable bonds is 8. The Bertz CT molecular complexity index is 867. The Morgan fingerprint density at radius 1 is 1.12 bits per heavy atom. The van der Waals surface area contributed by atoms with Crippen LogP contribution >= 0.6 is 0 Å². The average molecular weight is 364 g/mol. The number of carboxylic acid groups (broad SMARTS) is 1. The van der Waals surface area contributed by atoms with Gasteiger partial charge >= 0.3 is 11.9 Å². The summed E-state index contributed by atoms with van der Waals surface area (Å²) in [5.41, 5.74) is 0.792. The predicted octanol–water partition coefficient (Wildman–Crippen LogP) is 2.06. The summed E-state index contributed by atoms with van der Waals surface area (Å²) >= 11 is 0. The van der Waals surface area contributed by atoms with Crippen molar-refractivity contribution in [2.45, 2.75) is 13.3 Å². The Hall–Kier alpha value is -2.41. The number of aliphatic carboxylic acids is 1. The highest BCUT2D eigenvalue weighted by atomic mass is 32.2. The molecular weight excluding hydrogens is 344 g/mol. The van der Waals surface area contributed by atoms with Crippen LogP contribution in [0.25, 0.3) is 10.8 Å². The normalized spacial score (nSPS) is 12.7. The van der Waals surface area contributed by atoms with Gasteiger partial charge in [-0.05, 0) is 22.8 Å². The Balaban J connectivity index is 2.15. The first-order valence-corrected chi connectivity index (χ1v) is 9.64. The fourth-order valence-corrected chi connectivity index (χ4v) is 4.03. The highest BCUT2D eigenvalue weighted by Gasteiger charge is 2.26. The van der Waals surface area contributed by atoms with Gasteiger partial charge in [0.15, 0.2) is 9.84 Å². The van der Waals surface area contributed by atoms with Crippen molar-refractivity contribution in [2.75, 3.05) is 18.1 Å². The molecule has 1 atom stereocenters. The van der Waals surface area contributed by atoms with E-state index in [0.717, 1.165) is 16.3 Å². The first-order valence-electron chi connectivity index (χ1n) is 7.82. The van der Waals surface area contributed by atoms with Crippen LogP contribution in [0.4, 0.5) is 0 Å². The van der Waals surface area contributed by atoms with Gasteiger partial charge in [0.1, 0.15) is 6.61 Å². The SMILES string of the molecule is CC(=O)OCCS(=O)(=O)C[C@@H](Cc1cccc2ccccc12)C(=O)O. The monoisotopic (exact) mass is 364 g/mol. The molecule has 0 aromatic heterocycles. The maximum atomic E-state index is 12.1. The van der Waals surface area contributed by atoms with E-state index in [1.807, 2.05) is 42.5 Å². The van der Waals surface area contributed by atoms with Crippen molar-refractivity contribution in [1.29, 1.82) is 0 Å². The Morgan fingerprint density at radius 2 is 1.80 bits per heavy atom. The molecular formula is C18H20O6S. The van der Waals surface area contributed by atoms with Crippen LogP contribution in [0, 0.1) is 5.92 Å². The zero-order chi connectivity index (χ0) is 18.4. The zero-order valence-corrected chi connectivity index (χ0v) is 14.7. The summed E-state index contributed by atoms with van der Waals surface area (Å²) in [7, 11) is -3.65. The van der Waals surface area contributed by atoms with Crippen LogP contribution in [0.1, 0.15) is 12.5 Å². The molecule has 1 N–H and O–H groups in total. The third-order valence-corrected chi connectivity index (χ3v) is 5.55. The first-order chi connectivity index (χ1) is 11.8. The van der Waals surface area contributed by atoms with Crippen LogP contribution in [0.2, 0.25) is 0 Å². The molecule has 2 rings (SSSR count). The Kier molecular flexibility index (Phi) is 6.14. The molecule has 0 radical (unpaired) electrons. The summed E-state index contributed by atoms with van der Waals surface area (Å²) in [5.74, 6) is -3.67. The second-order valence-electron chi connectivity index (χ2n) is 5.83. The van der Waals surface area contributed by atoms with Crippen molar-refractivity contribution in [3.8, 4) is 0 Å². The van der Waals surface area contributed by atoms with Gasteiger partial charge in [0.25, 0.3) is 0 Å². The standard InChI is InChI=1S/C18H20O6S/c1-13(19)24-9-10-25(22,23)12-16(18(20)21)11-15-7-4-6-14-5-2-3-8-17(14)15/h2-8,16H,9-12H2,1H3,(H,20,21)/t16-/m1/s1. The van der Waals surface area contributed by atoms with Gasteiger partial charge in [-0.2, -0.15) is 0 Å². The lowest BCUT2D eigenvalue weighted by Crippen LogP contribution is -2.28. The second-order valence-corrected chi connectivity index (χ2v) is 8.06. The summed E-state index contributed by atoms with van der Waals surface area (Å²) < 4.78 is 28.9. The number of carbonyl (C=O) groups excluding carboxylic acids is 1. The molecule has 25 heavy (non-hydrogen) atoms. The van der Waals surface area contributed by atoms with E-state index in [2.05, 4.69) is 4.74 Å². The van der Waals surface area contributed by atoms with Gasteiger partial charge in [0, 0.05) is 6.92 Å². The number of carboxylic acids is 1. The van der Waals surface area contributed by atoms with Crippen LogP contribution in [0.3, 0.4) is 0 Å². The van der Waals surface area contributed by atoms with Crippen LogP contribution in [0.15, 0.2) is 42.5 Å². The molecule has 0 aliphatic heterocycles. The molecule has 6 nitrogen and oxygen atoms in total. The Morgan fingerprint density at radius 3 is 2.48 bits per heavy atom. The number of hydrogen-bond acceptors (Lipinski definition) is 5. The molecule has 0 heterocycles. The van der Waals surface area contributed by atoms with Gasteiger partial charge in [-0.15, -0.1) is 0 Å². The number of sulfone groups is 1. The highest BCUT2D eigenvalue weighted by Crippen LogP contribution is 2.22. The summed E-state index contributed by atoms with van der Waals surface area (Å²) in [5, 5.41) is 11.3. The molecule has 0 amide bonds. The number of hydrogen-bond donors (Lipinski definition) is 1. The summed E-state index contributed by atoms with van der Waals surface area (Å²) in [6.45, 7) is 0.922. The first kappa shape index (κ1) is 18.9. The summed E-state index contributed by atoms with van der Waals surface area (Å²) in [6.07, 6.45) is 0.115. The molecule has 0 aliphatic rings. The highest BCUT2D eigenvalue weighted by molar-refractivity contribution is 7.91. The van der Waals surface area contributed by atoms with E-state index in [9.17, 15) is 23.1 Å². The largest absolute Gasteiger partial charge is 0.481 e. The fourth-order valence-electron chi connectivity index (χ4n) is 2.66. The topological polar surface area (TPSA) is 97.7 Å². The van der Waals surface area contributed by atoms with Gasteiger partial charge in [0.05, 0.1) is 17.4 Å². The van der Waals surface area contributed by atoms with Crippen molar-refractivity contribution < 1.29 is 27.9 Å². The van der Waals surface area contributed by atoms with Gasteiger partial charge in [-0.25, -0.2) is 8.42 Å². The summed E-state index contributed by atoms with van der Waals surface area (Å²) in [6, 6.07) is 13.1. The van der Waals surface area contributed by atoms with E-state index in [4.69, 9.17) is 0 Å². The maximum absolute atomic E-state index is 12.1. The van der Waals surface area contributed by atoms with E-state index in [1.165, 1.54) is 6.92 Å². The molecule has 0 bridgehead atoms. The van der Waals surface area contributed by atoms with E-state index < -0.39 is 33.4 Å². The molecule has 2 aromatic rings. The average Bonchev–Trinajstić information content (AvgIpc) is 2.53. The van der Waals surface area contributed by atoms with Crippen LogP contribution in [-0.2, 0) is 30.6 Å². The van der Waals surface area contributed by atoms with Crippen molar-refractivity contribution in [2.24, 2.45) is 5.92 Å². The van der Waals surface area contributed by atoms with Crippen LogP contribution < -0.4 is 0 Å². The lowest BCUT2D eigenvalue weighted by molar-refractivity contribution is -0.141. The van der Waals surface area contributed by atoms with E-state index >= 15 is 0 Å². The number of benzene rings is 2. The molecule has 0 unspecified atom stereocenters. The van der Waals surface area contributed by atoms with E-state index in [1.54, 1.807) is 0 Å². The zero-order valence-electron chi connectivity index (χ0n) is 13.8. The van der Waals surface area contributed by atoms with Gasteiger partial charge in [-0.1, -0.05) is 42.5 Å². The van der Waals surface area contributed by atoms with E-state index in [0.29, 0.717) is 0 Å². The lowest BCUT2D eigenvalue weighted by atomic mass is 9.96. The molecule has 0 spiro atoms. The molecule has 7 heteroatoms. The molecule has 0 saturated carbocycles. The van der Waals surface area contributed by atoms with Crippen molar-refractivity contribution >= 4 is 32.5 Å². The number of esters is 1. The van der Waals surface area contributed by atoms with Crippen LogP contribution in [-0.4, -0.2) is 43.6 Å². The molecule has 2 aromatic carbocycles. The lowest BCUT2D eigenvalue weighted by Gasteiger charge is -2.14. The number of ether oxygens (including phenoxy) is 1. The van der Waals surface area contributed by atoms with Gasteiger partial charge < -0.3 is 9.84 Å². The van der Waals surface area contributed by atoms with Crippen molar-refractivity contribution in [1.82, 2.24) is 0 Å². The number of fused-ring (bicyclic) bond motifs is 1. The molecule has 0 fully saturated rings. The van der Waals surface area contributed by atoms with Gasteiger partial charge in [0.2, 0.25) is 0 Å². The smallest absolute Gasteiger partial charge is 0.307 e.